The van der Waals surface area contributed by atoms with Gasteiger partial charge >= 0.3 is 0 Å². The van der Waals surface area contributed by atoms with Crippen LogP contribution in [0.3, 0.4) is 0 Å². The Bertz CT molecular complexity index is 1100. The van der Waals surface area contributed by atoms with Gasteiger partial charge in [-0.25, -0.2) is 8.42 Å². The fourth-order valence-electron chi connectivity index (χ4n) is 4.85. The van der Waals surface area contributed by atoms with Gasteiger partial charge in [0, 0.05) is 5.56 Å². The van der Waals surface area contributed by atoms with Gasteiger partial charge in [-0.05, 0) is 28.5 Å². The lowest BCUT2D eigenvalue weighted by Crippen LogP contribution is -3.21. The Hall–Kier alpha value is -2.25. The molecule has 5 rings (SSSR count). The molecule has 1 heterocycles. The summed E-state index contributed by atoms with van der Waals surface area (Å²) in [5.41, 5.74) is 2.37. The molecule has 1 aliphatic carbocycles. The molecular formula is C22H25N3O2S+2. The van der Waals surface area contributed by atoms with Crippen LogP contribution in [-0.4, -0.2) is 34.6 Å². The molecule has 6 heteroatoms. The summed E-state index contributed by atoms with van der Waals surface area (Å²) in [6.07, 6.45) is 0. The van der Waals surface area contributed by atoms with Crippen molar-refractivity contribution in [2.45, 2.75) is 17.0 Å². The Balaban J connectivity index is 1.61. The Morgan fingerprint density at radius 3 is 2.25 bits per heavy atom. The molecule has 3 aromatic carbocycles. The van der Waals surface area contributed by atoms with Crippen molar-refractivity contribution in [1.29, 1.82) is 0 Å². The van der Waals surface area contributed by atoms with Gasteiger partial charge in [-0.2, -0.15) is 4.72 Å². The number of quaternary nitrogens is 2. The molecule has 2 atom stereocenters. The molecule has 4 N–H and O–H groups in total. The van der Waals surface area contributed by atoms with E-state index in [0.29, 0.717) is 4.90 Å². The first kappa shape index (κ1) is 17.8. The van der Waals surface area contributed by atoms with Gasteiger partial charge in [0.25, 0.3) is 0 Å². The predicted molar refractivity (Wildman–Crippen MR) is 109 cm³/mol. The molecule has 0 bridgehead atoms. The van der Waals surface area contributed by atoms with Gasteiger partial charge in [0.1, 0.15) is 38.3 Å². The molecule has 144 valence electrons. The standard InChI is InChI=1S/C22H23N3O2S/c26-28(27,17-8-2-1-3-9-17)24-21-18-10-4-6-16-7-5-11-19(20(16)18)22(21)25-14-12-23-13-15-25/h1-11,21-24H,12-15H2/p+2/t21-,22+/m0/s1. The third-order valence-electron chi connectivity index (χ3n) is 6.09. The van der Waals surface area contributed by atoms with Crippen LogP contribution in [0.2, 0.25) is 0 Å². The summed E-state index contributed by atoms with van der Waals surface area (Å²) >= 11 is 0. The fraction of sp³-hybridized carbons (Fsp3) is 0.273. The molecule has 0 amide bonds. The van der Waals surface area contributed by atoms with Crippen molar-refractivity contribution in [1.82, 2.24) is 4.72 Å². The van der Waals surface area contributed by atoms with E-state index in [4.69, 9.17) is 0 Å². The number of nitrogens with one attached hydrogen (secondary N) is 2. The van der Waals surface area contributed by atoms with E-state index in [1.54, 1.807) is 24.3 Å². The molecule has 0 spiro atoms. The van der Waals surface area contributed by atoms with Crippen molar-refractivity contribution < 1.29 is 18.6 Å². The summed E-state index contributed by atoms with van der Waals surface area (Å²) < 4.78 is 29.4. The minimum Gasteiger partial charge on any atom is -0.337 e. The summed E-state index contributed by atoms with van der Waals surface area (Å²) in [5, 5.41) is 4.75. The molecule has 3 aromatic rings. The van der Waals surface area contributed by atoms with Crippen LogP contribution in [-0.2, 0) is 10.0 Å². The highest BCUT2D eigenvalue weighted by Gasteiger charge is 2.44. The maximum atomic E-state index is 13.2. The van der Waals surface area contributed by atoms with E-state index < -0.39 is 10.0 Å². The molecule has 0 aromatic heterocycles. The minimum atomic E-state index is -3.60. The lowest BCUT2D eigenvalue weighted by atomic mass is 10.0. The second-order valence-electron chi connectivity index (χ2n) is 7.71. The molecule has 2 aliphatic rings. The third kappa shape index (κ3) is 2.93. The topological polar surface area (TPSA) is 67.2 Å². The van der Waals surface area contributed by atoms with Crippen LogP contribution in [0.15, 0.2) is 71.6 Å². The quantitative estimate of drug-likeness (QED) is 0.598. The van der Waals surface area contributed by atoms with E-state index in [1.165, 1.54) is 21.2 Å². The number of piperazine rings is 1. The molecule has 0 radical (unpaired) electrons. The summed E-state index contributed by atoms with van der Waals surface area (Å²) in [6, 6.07) is 21.2. The van der Waals surface area contributed by atoms with Gasteiger partial charge in [-0.15, -0.1) is 0 Å². The highest BCUT2D eigenvalue weighted by atomic mass is 32.2. The summed E-state index contributed by atoms with van der Waals surface area (Å²) in [7, 11) is -3.60. The Kier molecular flexibility index (Phi) is 4.44. The smallest absolute Gasteiger partial charge is 0.241 e. The fourth-order valence-corrected chi connectivity index (χ4v) is 6.10. The zero-order chi connectivity index (χ0) is 19.1. The van der Waals surface area contributed by atoms with E-state index in [1.807, 2.05) is 12.1 Å². The van der Waals surface area contributed by atoms with Crippen LogP contribution >= 0.6 is 0 Å². The highest BCUT2D eigenvalue weighted by molar-refractivity contribution is 7.89. The average Bonchev–Trinajstić information content (AvgIpc) is 3.04. The number of rotatable bonds is 4. The third-order valence-corrected chi connectivity index (χ3v) is 7.54. The van der Waals surface area contributed by atoms with Gasteiger partial charge in [0.2, 0.25) is 10.0 Å². The molecular weight excluding hydrogens is 370 g/mol. The highest BCUT2D eigenvalue weighted by Crippen LogP contribution is 2.43. The van der Waals surface area contributed by atoms with Gasteiger partial charge in [-0.3, -0.25) is 0 Å². The first-order chi connectivity index (χ1) is 13.6. The molecule has 0 unspecified atom stereocenters. The summed E-state index contributed by atoms with van der Waals surface area (Å²) in [6.45, 7) is 4.24. The van der Waals surface area contributed by atoms with Gasteiger partial charge in [0.15, 0.2) is 0 Å². The average molecular weight is 396 g/mol. The van der Waals surface area contributed by atoms with E-state index in [2.05, 4.69) is 40.4 Å². The zero-order valence-corrected chi connectivity index (χ0v) is 16.5. The van der Waals surface area contributed by atoms with Crippen molar-refractivity contribution in [3.05, 3.63) is 77.9 Å². The Labute approximate surface area is 165 Å². The Morgan fingerprint density at radius 1 is 0.857 bits per heavy atom. The van der Waals surface area contributed by atoms with Crippen LogP contribution < -0.4 is 14.9 Å². The zero-order valence-electron chi connectivity index (χ0n) is 15.6. The number of hydrogen-bond donors (Lipinski definition) is 3. The summed E-state index contributed by atoms with van der Waals surface area (Å²) in [5.74, 6) is 0. The van der Waals surface area contributed by atoms with E-state index in [-0.39, 0.29) is 12.1 Å². The van der Waals surface area contributed by atoms with Crippen LogP contribution in [0.1, 0.15) is 23.2 Å². The predicted octanol–water partition coefficient (Wildman–Crippen LogP) is 0.376. The van der Waals surface area contributed by atoms with Gasteiger partial charge in [-0.1, -0.05) is 54.6 Å². The lowest BCUT2D eigenvalue weighted by Gasteiger charge is -2.32. The number of nitrogens with two attached hydrogens (primary N) is 1. The first-order valence-corrected chi connectivity index (χ1v) is 11.4. The van der Waals surface area contributed by atoms with Gasteiger partial charge < -0.3 is 10.2 Å². The maximum absolute atomic E-state index is 13.2. The largest absolute Gasteiger partial charge is 0.337 e. The lowest BCUT2D eigenvalue weighted by molar-refractivity contribution is -0.973. The van der Waals surface area contributed by atoms with Crippen LogP contribution in [0.4, 0.5) is 0 Å². The number of sulfonamides is 1. The number of benzene rings is 3. The van der Waals surface area contributed by atoms with Crippen molar-refractivity contribution in [2.75, 3.05) is 26.2 Å². The van der Waals surface area contributed by atoms with E-state index in [9.17, 15) is 8.42 Å². The monoisotopic (exact) mass is 395 g/mol. The van der Waals surface area contributed by atoms with Gasteiger partial charge in [0.05, 0.1) is 4.90 Å². The van der Waals surface area contributed by atoms with Crippen molar-refractivity contribution in [3.8, 4) is 0 Å². The van der Waals surface area contributed by atoms with Crippen molar-refractivity contribution >= 4 is 20.8 Å². The number of hydrogen-bond acceptors (Lipinski definition) is 2. The second-order valence-corrected chi connectivity index (χ2v) is 9.42. The van der Waals surface area contributed by atoms with E-state index >= 15 is 0 Å². The van der Waals surface area contributed by atoms with E-state index in [0.717, 1.165) is 31.7 Å². The van der Waals surface area contributed by atoms with Crippen LogP contribution in [0.25, 0.3) is 10.8 Å². The minimum absolute atomic E-state index is 0.105. The van der Waals surface area contributed by atoms with Crippen molar-refractivity contribution in [2.24, 2.45) is 0 Å². The molecule has 28 heavy (non-hydrogen) atoms. The molecule has 1 aliphatic heterocycles. The second kappa shape index (κ2) is 6.97. The molecule has 1 fully saturated rings. The molecule has 0 saturated carbocycles. The van der Waals surface area contributed by atoms with Crippen LogP contribution in [0.5, 0.6) is 0 Å². The molecule has 5 nitrogen and oxygen atoms in total. The normalized spacial score (nSPS) is 22.6. The molecule has 1 saturated heterocycles. The van der Waals surface area contributed by atoms with Crippen LogP contribution in [0, 0.1) is 0 Å². The maximum Gasteiger partial charge on any atom is 0.241 e. The summed E-state index contributed by atoms with van der Waals surface area (Å²) in [4.78, 5) is 1.78. The first-order valence-electron chi connectivity index (χ1n) is 9.90. The SMILES string of the molecule is O=S(=O)(N[C@H]1c2cccc3cccc(c23)[C@H]1[NH+]1CC[NH2+]CC1)c1ccccc1. The Morgan fingerprint density at radius 2 is 1.54 bits per heavy atom. The van der Waals surface area contributed by atoms with Crippen molar-refractivity contribution in [3.63, 3.8) is 0 Å².